The van der Waals surface area contributed by atoms with Gasteiger partial charge in [-0.1, -0.05) is 28.1 Å². The first kappa shape index (κ1) is 30.1. The minimum atomic E-state index is -4.65. The summed E-state index contributed by atoms with van der Waals surface area (Å²) in [4.78, 5) is 38.6. The van der Waals surface area contributed by atoms with Gasteiger partial charge in [-0.2, -0.15) is 18.3 Å². The molecule has 0 bridgehead atoms. The molecule has 40 heavy (non-hydrogen) atoms. The zero-order valence-corrected chi connectivity index (χ0v) is 25.3. The zero-order chi connectivity index (χ0) is 29.4. The van der Waals surface area contributed by atoms with Crippen LogP contribution in [0.25, 0.3) is 0 Å². The Morgan fingerprint density at radius 3 is 2.35 bits per heavy atom. The SMILES string of the molecule is CCOC(=O)c1sc(NC(=O)c2nn3c(c2Br)NC(c2ccc(Br)cc2)CC3C(F)(F)F)c(C(=O)OCC)c1C. The lowest BCUT2D eigenvalue weighted by Crippen LogP contribution is -2.35. The molecule has 0 saturated carbocycles. The summed E-state index contributed by atoms with van der Waals surface area (Å²) in [5, 5.41) is 9.57. The fourth-order valence-corrected chi connectivity index (χ4v) is 6.16. The molecule has 0 fully saturated rings. The largest absolute Gasteiger partial charge is 0.462 e. The van der Waals surface area contributed by atoms with E-state index in [9.17, 15) is 27.6 Å². The van der Waals surface area contributed by atoms with E-state index < -0.39 is 36.1 Å². The maximum Gasteiger partial charge on any atom is 0.410 e. The monoisotopic (exact) mass is 706 g/mol. The number of aromatic nitrogens is 2. The van der Waals surface area contributed by atoms with Gasteiger partial charge in [0.1, 0.15) is 15.7 Å². The van der Waals surface area contributed by atoms with Crippen molar-refractivity contribution in [2.45, 2.75) is 45.5 Å². The van der Waals surface area contributed by atoms with Crippen molar-refractivity contribution in [3.63, 3.8) is 0 Å². The van der Waals surface area contributed by atoms with E-state index in [-0.39, 0.29) is 56.6 Å². The number of amides is 1. The van der Waals surface area contributed by atoms with Crippen LogP contribution in [0, 0.1) is 6.92 Å². The highest BCUT2D eigenvalue weighted by Crippen LogP contribution is 2.46. The summed E-state index contributed by atoms with van der Waals surface area (Å²) in [5.74, 6) is -2.38. The van der Waals surface area contributed by atoms with Crippen LogP contribution < -0.4 is 10.6 Å². The van der Waals surface area contributed by atoms with Gasteiger partial charge in [-0.25, -0.2) is 14.3 Å². The number of esters is 2. The first-order chi connectivity index (χ1) is 18.9. The van der Waals surface area contributed by atoms with Crippen LogP contribution in [0.5, 0.6) is 0 Å². The number of ether oxygens (including phenoxy) is 2. The second kappa shape index (κ2) is 11.9. The summed E-state index contributed by atoms with van der Waals surface area (Å²) in [6.07, 6.45) is -5.01. The first-order valence-electron chi connectivity index (χ1n) is 12.0. The van der Waals surface area contributed by atoms with Crippen LogP contribution in [0.15, 0.2) is 33.2 Å². The van der Waals surface area contributed by atoms with Crippen molar-refractivity contribution in [2.75, 3.05) is 23.8 Å². The second-order valence-electron chi connectivity index (χ2n) is 8.65. The Morgan fingerprint density at radius 1 is 1.12 bits per heavy atom. The van der Waals surface area contributed by atoms with Crippen molar-refractivity contribution in [1.82, 2.24) is 9.78 Å². The number of rotatable bonds is 7. The van der Waals surface area contributed by atoms with Gasteiger partial charge < -0.3 is 20.1 Å². The summed E-state index contributed by atoms with van der Waals surface area (Å²) in [7, 11) is 0. The second-order valence-corrected chi connectivity index (χ2v) is 11.4. The van der Waals surface area contributed by atoms with Gasteiger partial charge in [0.05, 0.1) is 29.3 Å². The van der Waals surface area contributed by atoms with E-state index in [0.29, 0.717) is 5.56 Å². The zero-order valence-electron chi connectivity index (χ0n) is 21.3. The van der Waals surface area contributed by atoms with Crippen molar-refractivity contribution >= 4 is 71.9 Å². The molecule has 0 spiro atoms. The number of nitrogens with zero attached hydrogens (tertiary/aromatic N) is 2. The molecule has 9 nitrogen and oxygen atoms in total. The number of carbonyl (C=O) groups is 3. The minimum Gasteiger partial charge on any atom is -0.462 e. The summed E-state index contributed by atoms with van der Waals surface area (Å²) in [6.45, 7) is 4.86. The predicted octanol–water partition coefficient (Wildman–Crippen LogP) is 7.04. The molecule has 3 aromatic rings. The Balaban J connectivity index is 1.72. The van der Waals surface area contributed by atoms with E-state index in [1.807, 2.05) is 0 Å². The molecule has 1 aliphatic heterocycles. The fourth-order valence-electron chi connectivity index (χ4n) is 4.25. The lowest BCUT2D eigenvalue weighted by molar-refractivity contribution is -0.173. The van der Waals surface area contributed by atoms with Crippen LogP contribution in [0.1, 0.15) is 74.0 Å². The van der Waals surface area contributed by atoms with Gasteiger partial charge in [0.2, 0.25) is 0 Å². The standard InChI is InChI=1S/C25H23Br2F3N4O5S/c1-4-38-23(36)16-11(3)19(24(37)39-5-2)40-22(16)32-21(35)18-17(27)20-31-14(12-6-8-13(26)9-7-12)10-15(25(28,29)30)34(20)33-18/h6-9,14-15,31H,4-5,10H2,1-3H3,(H,32,35). The van der Waals surface area contributed by atoms with E-state index >= 15 is 0 Å². The summed E-state index contributed by atoms with van der Waals surface area (Å²) in [5.41, 5.74) is 0.482. The molecule has 0 saturated heterocycles. The molecule has 15 heteroatoms. The molecular weight excluding hydrogens is 685 g/mol. The Bertz CT molecular complexity index is 1460. The number of hydrogen-bond acceptors (Lipinski definition) is 8. The maximum atomic E-state index is 14.2. The Labute approximate surface area is 247 Å². The number of alkyl halides is 3. The van der Waals surface area contributed by atoms with E-state index in [1.54, 1.807) is 38.1 Å². The molecular formula is C25H23Br2F3N4O5S. The van der Waals surface area contributed by atoms with Gasteiger partial charge in [0.25, 0.3) is 5.91 Å². The van der Waals surface area contributed by atoms with Crippen molar-refractivity contribution in [3.8, 4) is 0 Å². The molecule has 0 radical (unpaired) electrons. The number of thiophene rings is 1. The summed E-state index contributed by atoms with van der Waals surface area (Å²) < 4.78 is 54.1. The van der Waals surface area contributed by atoms with Gasteiger partial charge in [0, 0.05) is 10.9 Å². The smallest absolute Gasteiger partial charge is 0.410 e. The number of carbonyl (C=O) groups excluding carboxylic acids is 3. The highest BCUT2D eigenvalue weighted by molar-refractivity contribution is 9.11. The number of fused-ring (bicyclic) bond motifs is 1. The molecule has 2 aromatic heterocycles. The Kier molecular flexibility index (Phi) is 8.95. The molecule has 4 rings (SSSR count). The van der Waals surface area contributed by atoms with E-state index in [4.69, 9.17) is 9.47 Å². The molecule has 3 heterocycles. The lowest BCUT2D eigenvalue weighted by atomic mass is 9.97. The number of anilines is 2. The average molecular weight is 708 g/mol. The minimum absolute atomic E-state index is 0.0117. The fraction of sp³-hybridized carbons (Fsp3) is 0.360. The molecule has 2 unspecified atom stereocenters. The highest BCUT2D eigenvalue weighted by Gasteiger charge is 2.48. The first-order valence-corrected chi connectivity index (χ1v) is 14.4. The van der Waals surface area contributed by atoms with Gasteiger partial charge in [0.15, 0.2) is 11.7 Å². The maximum absolute atomic E-state index is 14.2. The summed E-state index contributed by atoms with van der Waals surface area (Å²) >= 11 is 7.37. The van der Waals surface area contributed by atoms with Crippen LogP contribution in [-0.4, -0.2) is 47.0 Å². The molecule has 2 atom stereocenters. The third-order valence-corrected chi connectivity index (χ3v) is 8.56. The van der Waals surface area contributed by atoms with Gasteiger partial charge in [-0.15, -0.1) is 11.3 Å². The molecule has 1 aromatic carbocycles. The quantitative estimate of drug-likeness (QED) is 0.253. The number of nitrogens with one attached hydrogen (secondary N) is 2. The van der Waals surface area contributed by atoms with Gasteiger partial charge in [-0.3, -0.25) is 4.79 Å². The number of halogens is 5. The molecule has 1 aliphatic rings. The van der Waals surface area contributed by atoms with Crippen molar-refractivity contribution in [1.29, 1.82) is 0 Å². The predicted molar refractivity (Wildman–Crippen MR) is 149 cm³/mol. The Hall–Kier alpha value is -2.91. The van der Waals surface area contributed by atoms with Crippen LogP contribution in [-0.2, 0) is 9.47 Å². The van der Waals surface area contributed by atoms with Crippen LogP contribution in [0.3, 0.4) is 0 Å². The average Bonchev–Trinajstić information content (AvgIpc) is 3.40. The highest BCUT2D eigenvalue weighted by atomic mass is 79.9. The number of benzene rings is 1. The Morgan fingerprint density at radius 2 is 1.75 bits per heavy atom. The van der Waals surface area contributed by atoms with E-state index in [1.165, 1.54) is 6.92 Å². The van der Waals surface area contributed by atoms with Gasteiger partial charge in [-0.05, 0) is 60.0 Å². The van der Waals surface area contributed by atoms with E-state index in [0.717, 1.165) is 20.5 Å². The van der Waals surface area contributed by atoms with E-state index in [2.05, 4.69) is 47.6 Å². The van der Waals surface area contributed by atoms with Crippen LogP contribution in [0.4, 0.5) is 24.0 Å². The molecule has 214 valence electrons. The molecule has 1 amide bonds. The van der Waals surface area contributed by atoms with Crippen LogP contribution >= 0.6 is 43.2 Å². The third kappa shape index (κ3) is 5.91. The normalized spacial score (nSPS) is 16.6. The summed E-state index contributed by atoms with van der Waals surface area (Å²) in [6, 6.07) is 4.16. The third-order valence-electron chi connectivity index (χ3n) is 6.10. The lowest BCUT2D eigenvalue weighted by Gasteiger charge is -2.33. The van der Waals surface area contributed by atoms with Crippen molar-refractivity contribution in [3.05, 3.63) is 60.5 Å². The van der Waals surface area contributed by atoms with Crippen LogP contribution in [0.2, 0.25) is 0 Å². The van der Waals surface area contributed by atoms with Crippen molar-refractivity contribution in [2.24, 2.45) is 0 Å². The van der Waals surface area contributed by atoms with Gasteiger partial charge >= 0.3 is 18.1 Å². The topological polar surface area (TPSA) is 112 Å². The molecule has 2 N–H and O–H groups in total. The van der Waals surface area contributed by atoms with Crippen molar-refractivity contribution < 1.29 is 37.0 Å². The number of hydrogen-bond donors (Lipinski definition) is 2. The molecule has 0 aliphatic carbocycles.